The van der Waals surface area contributed by atoms with E-state index in [0.29, 0.717) is 17.2 Å². The van der Waals surface area contributed by atoms with E-state index in [1.165, 1.54) is 6.34 Å². The Morgan fingerprint density at radius 2 is 2.06 bits per heavy atom. The Bertz CT molecular complexity index is 582. The van der Waals surface area contributed by atoms with E-state index in [-0.39, 0.29) is 5.71 Å². The highest BCUT2D eigenvalue weighted by Gasteiger charge is 2.26. The molecule has 16 heavy (non-hydrogen) atoms. The maximum Gasteiger partial charge on any atom is 0.301 e. The molecule has 76 valence electrons. The van der Waals surface area contributed by atoms with Gasteiger partial charge in [-0.3, -0.25) is 9.78 Å². The summed E-state index contributed by atoms with van der Waals surface area (Å²) in [6.45, 7) is 0. The van der Waals surface area contributed by atoms with Crippen LogP contribution < -0.4 is 0 Å². The van der Waals surface area contributed by atoms with Gasteiger partial charge in [0.2, 0.25) is 0 Å². The van der Waals surface area contributed by atoms with Crippen molar-refractivity contribution in [3.8, 4) is 0 Å². The number of hydrogen-bond acceptors (Lipinski definition) is 5. The summed E-state index contributed by atoms with van der Waals surface area (Å²) in [4.78, 5) is 31.1. The van der Waals surface area contributed by atoms with Gasteiger partial charge in [-0.05, 0) is 12.1 Å². The number of carbonyl (C=O) groups is 1. The van der Waals surface area contributed by atoms with Gasteiger partial charge in [0, 0.05) is 18.0 Å². The van der Waals surface area contributed by atoms with E-state index >= 15 is 0 Å². The van der Waals surface area contributed by atoms with E-state index in [2.05, 4.69) is 25.0 Å². The van der Waals surface area contributed by atoms with Crippen molar-refractivity contribution < 1.29 is 4.79 Å². The molecule has 0 unspecified atom stereocenters. The third-order valence-electron chi connectivity index (χ3n) is 2.12. The Morgan fingerprint density at radius 1 is 1.12 bits per heavy atom. The minimum atomic E-state index is -0.415. The molecule has 0 fully saturated rings. The highest BCUT2D eigenvalue weighted by atomic mass is 16.1. The van der Waals surface area contributed by atoms with E-state index in [1.807, 2.05) is 0 Å². The molecule has 0 spiro atoms. The lowest BCUT2D eigenvalue weighted by molar-refractivity contribution is -0.111. The highest BCUT2D eigenvalue weighted by Crippen LogP contribution is 2.09. The molecule has 0 radical (unpaired) electrons. The second kappa shape index (κ2) is 3.27. The first-order valence-corrected chi connectivity index (χ1v) is 4.57. The van der Waals surface area contributed by atoms with Crippen LogP contribution in [0.1, 0.15) is 5.56 Å². The third kappa shape index (κ3) is 1.28. The normalized spacial score (nSPS) is 17.8. The van der Waals surface area contributed by atoms with Crippen LogP contribution in [-0.4, -0.2) is 34.6 Å². The van der Waals surface area contributed by atoms with Crippen LogP contribution in [0.15, 0.2) is 44.5 Å². The van der Waals surface area contributed by atoms with Crippen molar-refractivity contribution in [3.05, 3.63) is 30.1 Å². The molecule has 0 N–H and O–H groups in total. The summed E-state index contributed by atoms with van der Waals surface area (Å²) in [5, 5.41) is 0. The smallest absolute Gasteiger partial charge is 0.265 e. The SMILES string of the molecule is O=C1N=C(c2cccnc2)N=C2N=CN=C12. The van der Waals surface area contributed by atoms with Crippen molar-refractivity contribution in [3.63, 3.8) is 0 Å². The molecule has 0 atom stereocenters. The van der Waals surface area contributed by atoms with Crippen LogP contribution in [0, 0.1) is 0 Å². The zero-order valence-corrected chi connectivity index (χ0v) is 8.03. The molecule has 0 aromatic carbocycles. The van der Waals surface area contributed by atoms with Gasteiger partial charge >= 0.3 is 5.91 Å². The molecule has 2 aliphatic heterocycles. The molecule has 3 rings (SSSR count). The first kappa shape index (κ1) is 8.78. The number of aliphatic imine (C=N–C) groups is 4. The molecule has 0 aliphatic carbocycles. The van der Waals surface area contributed by atoms with E-state index in [0.717, 1.165) is 0 Å². The van der Waals surface area contributed by atoms with Crippen LogP contribution in [0.5, 0.6) is 0 Å². The van der Waals surface area contributed by atoms with Crippen molar-refractivity contribution in [2.24, 2.45) is 20.0 Å². The van der Waals surface area contributed by atoms with Crippen LogP contribution in [0.3, 0.4) is 0 Å². The number of amides is 1. The van der Waals surface area contributed by atoms with Crippen LogP contribution in [-0.2, 0) is 4.79 Å². The van der Waals surface area contributed by atoms with Crippen molar-refractivity contribution >= 4 is 29.6 Å². The first-order chi connectivity index (χ1) is 7.84. The van der Waals surface area contributed by atoms with E-state index in [4.69, 9.17) is 0 Å². The number of rotatable bonds is 1. The molecule has 0 bridgehead atoms. The fourth-order valence-corrected chi connectivity index (χ4v) is 1.39. The monoisotopic (exact) mass is 211 g/mol. The number of amidine groups is 2. The van der Waals surface area contributed by atoms with Gasteiger partial charge in [-0.15, -0.1) is 0 Å². The fourth-order valence-electron chi connectivity index (χ4n) is 1.39. The summed E-state index contributed by atoms with van der Waals surface area (Å²) >= 11 is 0. The lowest BCUT2D eigenvalue weighted by Gasteiger charge is -2.06. The van der Waals surface area contributed by atoms with Crippen molar-refractivity contribution in [2.45, 2.75) is 0 Å². The lowest BCUT2D eigenvalue weighted by atomic mass is 10.2. The van der Waals surface area contributed by atoms with Crippen LogP contribution in [0.2, 0.25) is 0 Å². The maximum absolute atomic E-state index is 11.6. The van der Waals surface area contributed by atoms with Gasteiger partial charge in [0.15, 0.2) is 17.4 Å². The molecule has 1 amide bonds. The Balaban J connectivity index is 2.09. The van der Waals surface area contributed by atoms with Crippen LogP contribution in [0.4, 0.5) is 0 Å². The van der Waals surface area contributed by atoms with Gasteiger partial charge in [0.05, 0.1) is 0 Å². The topological polar surface area (TPSA) is 79.4 Å². The average Bonchev–Trinajstić information content (AvgIpc) is 2.79. The standard InChI is InChI=1S/C10H5N5O/c16-10-7-9(13-5-12-7)14-8(15-10)6-2-1-3-11-4-6/h1-5H. The summed E-state index contributed by atoms with van der Waals surface area (Å²) in [6, 6.07) is 3.54. The zero-order chi connectivity index (χ0) is 11.0. The summed E-state index contributed by atoms with van der Waals surface area (Å²) in [5.74, 6) is 0.228. The molecule has 6 nitrogen and oxygen atoms in total. The number of aromatic nitrogens is 1. The Labute approximate surface area is 90.2 Å². The molecule has 2 aliphatic rings. The Kier molecular flexibility index (Phi) is 1.79. The summed E-state index contributed by atoms with van der Waals surface area (Å²) in [5.41, 5.74) is 0.886. The molecule has 0 saturated heterocycles. The number of hydrogen-bond donors (Lipinski definition) is 0. The second-order valence-corrected chi connectivity index (χ2v) is 3.14. The molecule has 0 saturated carbocycles. The lowest BCUT2D eigenvalue weighted by Crippen LogP contribution is -2.25. The molecular formula is C10H5N5O. The summed E-state index contributed by atoms with van der Waals surface area (Å²) in [7, 11) is 0. The minimum absolute atomic E-state index is 0.202. The first-order valence-electron chi connectivity index (χ1n) is 4.57. The molecule has 1 aromatic rings. The predicted octanol–water partition coefficient (Wildman–Crippen LogP) is 0.250. The Morgan fingerprint density at radius 3 is 2.88 bits per heavy atom. The zero-order valence-electron chi connectivity index (χ0n) is 8.03. The quantitative estimate of drug-likeness (QED) is 0.667. The summed E-state index contributed by atoms with van der Waals surface area (Å²) < 4.78 is 0. The van der Waals surface area contributed by atoms with Crippen molar-refractivity contribution in [1.29, 1.82) is 0 Å². The number of fused-ring (bicyclic) bond motifs is 1. The van der Waals surface area contributed by atoms with Gasteiger partial charge in [-0.1, -0.05) is 0 Å². The van der Waals surface area contributed by atoms with Gasteiger partial charge in [0.1, 0.15) is 6.34 Å². The molecule has 3 heterocycles. The van der Waals surface area contributed by atoms with E-state index < -0.39 is 5.91 Å². The highest BCUT2D eigenvalue weighted by molar-refractivity contribution is 6.71. The van der Waals surface area contributed by atoms with E-state index in [9.17, 15) is 4.79 Å². The van der Waals surface area contributed by atoms with Crippen molar-refractivity contribution in [2.75, 3.05) is 0 Å². The predicted molar refractivity (Wildman–Crippen MR) is 59.1 cm³/mol. The minimum Gasteiger partial charge on any atom is -0.265 e. The molecular weight excluding hydrogens is 206 g/mol. The largest absolute Gasteiger partial charge is 0.301 e. The van der Waals surface area contributed by atoms with Gasteiger partial charge in [-0.2, -0.15) is 4.99 Å². The Hall–Kier alpha value is -2.50. The second-order valence-electron chi connectivity index (χ2n) is 3.14. The van der Waals surface area contributed by atoms with Crippen molar-refractivity contribution in [1.82, 2.24) is 4.98 Å². The molecule has 6 heteroatoms. The fraction of sp³-hybridized carbons (Fsp3) is 0. The van der Waals surface area contributed by atoms with E-state index in [1.54, 1.807) is 24.5 Å². The number of nitrogens with zero attached hydrogens (tertiary/aromatic N) is 5. The summed E-state index contributed by atoms with van der Waals surface area (Å²) in [6.07, 6.45) is 4.53. The van der Waals surface area contributed by atoms with Gasteiger partial charge in [-0.25, -0.2) is 15.0 Å². The van der Waals surface area contributed by atoms with Gasteiger partial charge < -0.3 is 0 Å². The number of carbonyl (C=O) groups excluding carboxylic acids is 1. The maximum atomic E-state index is 11.6. The number of pyridine rings is 1. The average molecular weight is 211 g/mol. The molecule has 1 aromatic heterocycles. The van der Waals surface area contributed by atoms with Crippen LogP contribution >= 0.6 is 0 Å². The van der Waals surface area contributed by atoms with Gasteiger partial charge in [0.25, 0.3) is 0 Å². The van der Waals surface area contributed by atoms with Crippen LogP contribution in [0.25, 0.3) is 0 Å². The third-order valence-corrected chi connectivity index (χ3v) is 2.12.